The average molecular weight is 285 g/mol. The van der Waals surface area contributed by atoms with Gasteiger partial charge in [0.15, 0.2) is 0 Å². The second kappa shape index (κ2) is 8.63. The number of carbonyl (C=O) groups is 1. The number of nitrogens with one attached hydrogen (secondary N) is 1. The maximum atomic E-state index is 11.5. The van der Waals surface area contributed by atoms with E-state index in [1.165, 1.54) is 25.7 Å². The summed E-state index contributed by atoms with van der Waals surface area (Å²) in [6.45, 7) is 4.33. The van der Waals surface area contributed by atoms with Gasteiger partial charge in [0.1, 0.15) is 5.54 Å². The van der Waals surface area contributed by atoms with Crippen LogP contribution in [0.5, 0.6) is 0 Å². The third kappa shape index (κ3) is 5.06. The van der Waals surface area contributed by atoms with Crippen LogP contribution in [0.1, 0.15) is 71.6 Å². The van der Waals surface area contributed by atoms with Gasteiger partial charge in [0.2, 0.25) is 0 Å². The molecular formula is C16H31NO3. The molecule has 1 aliphatic rings. The summed E-state index contributed by atoms with van der Waals surface area (Å²) >= 11 is 0. The Kier molecular flexibility index (Phi) is 7.52. The molecule has 118 valence electrons. The SMILES string of the molecule is CCCCCCC(C)OC1CCCC(NC)(C(=O)O)C1. The summed E-state index contributed by atoms with van der Waals surface area (Å²) in [6, 6.07) is 0. The van der Waals surface area contributed by atoms with Crippen molar-refractivity contribution >= 4 is 5.97 Å². The fourth-order valence-corrected chi connectivity index (χ4v) is 3.12. The van der Waals surface area contributed by atoms with Gasteiger partial charge in [-0.3, -0.25) is 4.79 Å². The summed E-state index contributed by atoms with van der Waals surface area (Å²) in [4.78, 5) is 11.5. The van der Waals surface area contributed by atoms with E-state index >= 15 is 0 Å². The zero-order valence-electron chi connectivity index (χ0n) is 13.3. The Hall–Kier alpha value is -0.610. The molecular weight excluding hydrogens is 254 g/mol. The molecule has 0 aromatic heterocycles. The van der Waals surface area contributed by atoms with Gasteiger partial charge in [-0.1, -0.05) is 32.6 Å². The van der Waals surface area contributed by atoms with Crippen molar-refractivity contribution in [3.8, 4) is 0 Å². The van der Waals surface area contributed by atoms with Crippen molar-refractivity contribution in [3.63, 3.8) is 0 Å². The van der Waals surface area contributed by atoms with Crippen LogP contribution in [0.15, 0.2) is 0 Å². The topological polar surface area (TPSA) is 58.6 Å². The van der Waals surface area contributed by atoms with Gasteiger partial charge in [-0.2, -0.15) is 0 Å². The first-order valence-electron chi connectivity index (χ1n) is 8.12. The van der Waals surface area contributed by atoms with Crippen LogP contribution in [0.25, 0.3) is 0 Å². The lowest BCUT2D eigenvalue weighted by molar-refractivity contribution is -0.150. The molecule has 0 aliphatic heterocycles. The van der Waals surface area contributed by atoms with Crippen molar-refractivity contribution in [3.05, 3.63) is 0 Å². The summed E-state index contributed by atoms with van der Waals surface area (Å²) in [7, 11) is 1.74. The molecule has 1 rings (SSSR count). The number of hydrogen-bond donors (Lipinski definition) is 2. The molecule has 0 bridgehead atoms. The number of hydrogen-bond acceptors (Lipinski definition) is 3. The Morgan fingerprint density at radius 1 is 1.45 bits per heavy atom. The number of rotatable bonds is 9. The predicted octanol–water partition coefficient (Wildman–Crippen LogP) is 3.35. The highest BCUT2D eigenvalue weighted by atomic mass is 16.5. The number of likely N-dealkylation sites (N-methyl/N-ethyl adjacent to an activating group) is 1. The second-order valence-corrected chi connectivity index (χ2v) is 6.15. The largest absolute Gasteiger partial charge is 0.480 e. The van der Waals surface area contributed by atoms with Crippen LogP contribution in [0, 0.1) is 0 Å². The second-order valence-electron chi connectivity index (χ2n) is 6.15. The highest BCUT2D eigenvalue weighted by Crippen LogP contribution is 2.31. The number of carboxylic acids is 1. The summed E-state index contributed by atoms with van der Waals surface area (Å²) in [5.41, 5.74) is -0.787. The molecule has 0 saturated heterocycles. The Labute approximate surface area is 123 Å². The third-order valence-corrected chi connectivity index (χ3v) is 4.48. The van der Waals surface area contributed by atoms with Crippen LogP contribution in [0.4, 0.5) is 0 Å². The standard InChI is InChI=1S/C16H31NO3/c1-4-5-6-7-9-13(2)20-14-10-8-11-16(12-14,17-3)15(18)19/h13-14,17H,4-12H2,1-3H3,(H,18,19). The van der Waals surface area contributed by atoms with E-state index < -0.39 is 11.5 Å². The van der Waals surface area contributed by atoms with E-state index in [2.05, 4.69) is 19.2 Å². The minimum Gasteiger partial charge on any atom is -0.480 e. The average Bonchev–Trinajstić information content (AvgIpc) is 2.43. The highest BCUT2D eigenvalue weighted by Gasteiger charge is 2.42. The molecule has 0 amide bonds. The molecule has 4 heteroatoms. The molecule has 4 nitrogen and oxygen atoms in total. The van der Waals surface area contributed by atoms with Gasteiger partial charge in [-0.05, 0) is 39.7 Å². The monoisotopic (exact) mass is 285 g/mol. The molecule has 2 N–H and O–H groups in total. The molecule has 1 fully saturated rings. The number of unbranched alkanes of at least 4 members (excludes halogenated alkanes) is 3. The fourth-order valence-electron chi connectivity index (χ4n) is 3.12. The van der Waals surface area contributed by atoms with Crippen LogP contribution in [-0.4, -0.2) is 35.9 Å². The first-order chi connectivity index (χ1) is 9.54. The van der Waals surface area contributed by atoms with Crippen molar-refractivity contribution in [2.45, 2.75) is 89.4 Å². The Morgan fingerprint density at radius 2 is 2.20 bits per heavy atom. The minimum absolute atomic E-state index is 0.0773. The lowest BCUT2D eigenvalue weighted by Crippen LogP contribution is -2.55. The molecule has 0 aromatic carbocycles. The summed E-state index contributed by atoms with van der Waals surface area (Å²) in [5.74, 6) is -0.746. The molecule has 0 heterocycles. The van der Waals surface area contributed by atoms with E-state index in [1.807, 2.05) is 0 Å². The van der Waals surface area contributed by atoms with Crippen molar-refractivity contribution in [1.82, 2.24) is 5.32 Å². The van der Waals surface area contributed by atoms with Crippen LogP contribution in [0.3, 0.4) is 0 Å². The van der Waals surface area contributed by atoms with Crippen molar-refractivity contribution in [2.75, 3.05) is 7.05 Å². The fraction of sp³-hybridized carbons (Fsp3) is 0.938. The normalized spacial score (nSPS) is 28.2. The summed E-state index contributed by atoms with van der Waals surface area (Å²) < 4.78 is 6.08. The zero-order valence-corrected chi connectivity index (χ0v) is 13.3. The molecule has 20 heavy (non-hydrogen) atoms. The van der Waals surface area contributed by atoms with E-state index in [4.69, 9.17) is 4.74 Å². The molecule has 0 aromatic rings. The van der Waals surface area contributed by atoms with E-state index in [1.54, 1.807) is 7.05 Å². The van der Waals surface area contributed by atoms with Crippen LogP contribution >= 0.6 is 0 Å². The van der Waals surface area contributed by atoms with Gasteiger partial charge >= 0.3 is 5.97 Å². The number of carboxylic acid groups (broad SMARTS) is 1. The van der Waals surface area contributed by atoms with Gasteiger partial charge in [-0.15, -0.1) is 0 Å². The van der Waals surface area contributed by atoms with E-state index in [-0.39, 0.29) is 12.2 Å². The van der Waals surface area contributed by atoms with E-state index in [0.29, 0.717) is 12.8 Å². The van der Waals surface area contributed by atoms with Crippen molar-refractivity contribution in [2.24, 2.45) is 0 Å². The number of aliphatic carboxylic acids is 1. The van der Waals surface area contributed by atoms with Crippen LogP contribution < -0.4 is 5.32 Å². The van der Waals surface area contributed by atoms with Crippen LogP contribution in [-0.2, 0) is 9.53 Å². The van der Waals surface area contributed by atoms with E-state index in [9.17, 15) is 9.90 Å². The Morgan fingerprint density at radius 3 is 2.80 bits per heavy atom. The van der Waals surface area contributed by atoms with E-state index in [0.717, 1.165) is 19.3 Å². The quantitative estimate of drug-likeness (QED) is 0.638. The molecule has 3 atom stereocenters. The van der Waals surface area contributed by atoms with Crippen LogP contribution in [0.2, 0.25) is 0 Å². The lowest BCUT2D eigenvalue weighted by atomic mass is 9.80. The first-order valence-corrected chi connectivity index (χ1v) is 8.12. The Balaban J connectivity index is 2.37. The van der Waals surface area contributed by atoms with Crippen molar-refractivity contribution in [1.29, 1.82) is 0 Å². The minimum atomic E-state index is -0.787. The first kappa shape index (κ1) is 17.4. The third-order valence-electron chi connectivity index (χ3n) is 4.48. The molecule has 0 radical (unpaired) electrons. The zero-order chi connectivity index (χ0) is 15.0. The van der Waals surface area contributed by atoms with Gasteiger partial charge in [0.25, 0.3) is 0 Å². The molecule has 1 saturated carbocycles. The summed E-state index contributed by atoms with van der Waals surface area (Å²) in [5, 5.41) is 12.4. The molecule has 3 unspecified atom stereocenters. The lowest BCUT2D eigenvalue weighted by Gasteiger charge is -2.38. The van der Waals surface area contributed by atoms with Gasteiger partial charge in [0, 0.05) is 6.42 Å². The van der Waals surface area contributed by atoms with Gasteiger partial charge in [0.05, 0.1) is 12.2 Å². The maximum absolute atomic E-state index is 11.5. The predicted molar refractivity (Wildman–Crippen MR) is 81.0 cm³/mol. The van der Waals surface area contributed by atoms with Crippen molar-refractivity contribution < 1.29 is 14.6 Å². The maximum Gasteiger partial charge on any atom is 0.323 e. The van der Waals surface area contributed by atoms with Gasteiger partial charge in [-0.25, -0.2) is 0 Å². The highest BCUT2D eigenvalue weighted by molar-refractivity contribution is 5.79. The Bertz CT molecular complexity index is 295. The molecule has 1 aliphatic carbocycles. The smallest absolute Gasteiger partial charge is 0.323 e. The number of ether oxygens (including phenoxy) is 1. The van der Waals surface area contributed by atoms with Gasteiger partial charge < -0.3 is 15.2 Å². The summed E-state index contributed by atoms with van der Waals surface area (Å²) in [6.07, 6.45) is 9.59. The molecule has 0 spiro atoms.